The second kappa shape index (κ2) is 5.72. The summed E-state index contributed by atoms with van der Waals surface area (Å²) in [6.07, 6.45) is 0. The van der Waals surface area contributed by atoms with Crippen LogP contribution in [0.5, 0.6) is 5.75 Å². The van der Waals surface area contributed by atoms with Crippen molar-refractivity contribution in [1.82, 2.24) is 0 Å². The smallest absolute Gasteiger partial charge is 0.228 e. The molecule has 0 aliphatic rings. The minimum absolute atomic E-state index is 0.155. The van der Waals surface area contributed by atoms with Crippen LogP contribution in [0.2, 0.25) is 5.02 Å². The molecule has 0 saturated carbocycles. The molecule has 0 fully saturated rings. The molecule has 88 valence electrons. The van der Waals surface area contributed by atoms with E-state index >= 15 is 0 Å². The average molecular weight is 243 g/mol. The van der Waals surface area contributed by atoms with Crippen molar-refractivity contribution in [1.29, 1.82) is 0 Å². The molecule has 0 heterocycles. The lowest BCUT2D eigenvalue weighted by atomic mass is 10.1. The van der Waals surface area contributed by atoms with Crippen LogP contribution in [-0.2, 0) is 4.79 Å². The van der Waals surface area contributed by atoms with E-state index in [1.54, 1.807) is 32.2 Å². The van der Waals surface area contributed by atoms with Crippen LogP contribution in [0.1, 0.15) is 6.92 Å². The zero-order valence-electron chi connectivity index (χ0n) is 9.29. The lowest BCUT2D eigenvalue weighted by molar-refractivity contribution is -0.119. The second-order valence-corrected chi connectivity index (χ2v) is 3.88. The number of rotatable bonds is 4. The first-order valence-electron chi connectivity index (χ1n) is 4.93. The Labute approximate surface area is 99.7 Å². The molecule has 1 aromatic rings. The van der Waals surface area contributed by atoms with Crippen LogP contribution in [0, 0.1) is 5.92 Å². The average Bonchev–Trinajstić information content (AvgIpc) is 2.30. The number of ether oxygens (including phenoxy) is 1. The highest BCUT2D eigenvalue weighted by molar-refractivity contribution is 6.33. The third-order valence-corrected chi connectivity index (χ3v) is 2.56. The summed E-state index contributed by atoms with van der Waals surface area (Å²) in [5, 5.41) is 3.18. The van der Waals surface area contributed by atoms with Gasteiger partial charge in [-0.15, -0.1) is 0 Å². The molecule has 3 N–H and O–H groups in total. The fraction of sp³-hybridized carbons (Fsp3) is 0.364. The summed E-state index contributed by atoms with van der Waals surface area (Å²) in [5.41, 5.74) is 5.94. The number of hydrogen-bond donors (Lipinski definition) is 2. The number of benzene rings is 1. The van der Waals surface area contributed by atoms with Gasteiger partial charge in [-0.3, -0.25) is 4.79 Å². The van der Waals surface area contributed by atoms with Crippen molar-refractivity contribution in [2.45, 2.75) is 6.92 Å². The number of methoxy groups -OCH3 is 1. The van der Waals surface area contributed by atoms with Crippen molar-refractivity contribution < 1.29 is 9.53 Å². The predicted octanol–water partition coefficient (Wildman–Crippen LogP) is 1.88. The molecule has 0 spiro atoms. The molecule has 1 atom stereocenters. The van der Waals surface area contributed by atoms with Gasteiger partial charge in [0.25, 0.3) is 0 Å². The molecule has 0 radical (unpaired) electrons. The molecule has 1 amide bonds. The molecule has 1 rings (SSSR count). The first-order chi connectivity index (χ1) is 7.58. The number of nitrogens with one attached hydrogen (secondary N) is 1. The molecule has 1 unspecified atom stereocenters. The Kier molecular flexibility index (Phi) is 4.58. The van der Waals surface area contributed by atoms with Crippen LogP contribution in [0.3, 0.4) is 0 Å². The van der Waals surface area contributed by atoms with Crippen LogP contribution in [0.15, 0.2) is 18.2 Å². The van der Waals surface area contributed by atoms with Gasteiger partial charge in [0, 0.05) is 18.5 Å². The van der Waals surface area contributed by atoms with Gasteiger partial charge in [-0.25, -0.2) is 0 Å². The number of amides is 1. The minimum atomic E-state index is -0.248. The van der Waals surface area contributed by atoms with Gasteiger partial charge in [0.05, 0.1) is 17.8 Å². The monoisotopic (exact) mass is 242 g/mol. The minimum Gasteiger partial charge on any atom is -0.497 e. The van der Waals surface area contributed by atoms with Gasteiger partial charge in [0.15, 0.2) is 0 Å². The van der Waals surface area contributed by atoms with Gasteiger partial charge in [-0.2, -0.15) is 0 Å². The maximum atomic E-state index is 11.6. The summed E-state index contributed by atoms with van der Waals surface area (Å²) < 4.78 is 5.04. The van der Waals surface area contributed by atoms with E-state index in [0.717, 1.165) is 0 Å². The first-order valence-corrected chi connectivity index (χ1v) is 5.30. The Morgan fingerprint density at radius 2 is 2.31 bits per heavy atom. The predicted molar refractivity (Wildman–Crippen MR) is 64.9 cm³/mol. The number of anilines is 1. The van der Waals surface area contributed by atoms with Gasteiger partial charge >= 0.3 is 0 Å². The number of hydrogen-bond acceptors (Lipinski definition) is 3. The largest absolute Gasteiger partial charge is 0.497 e. The van der Waals surface area contributed by atoms with Gasteiger partial charge < -0.3 is 15.8 Å². The quantitative estimate of drug-likeness (QED) is 0.847. The topological polar surface area (TPSA) is 64.3 Å². The van der Waals surface area contributed by atoms with Gasteiger partial charge in [-0.05, 0) is 12.1 Å². The van der Waals surface area contributed by atoms with Crippen LogP contribution in [-0.4, -0.2) is 19.6 Å². The fourth-order valence-electron chi connectivity index (χ4n) is 1.09. The van der Waals surface area contributed by atoms with Crippen molar-refractivity contribution in [2.24, 2.45) is 11.7 Å². The van der Waals surface area contributed by atoms with Gasteiger partial charge in [-0.1, -0.05) is 18.5 Å². The Hall–Kier alpha value is -1.26. The van der Waals surface area contributed by atoms with Crippen molar-refractivity contribution in [3.05, 3.63) is 23.2 Å². The Morgan fingerprint density at radius 3 is 2.88 bits per heavy atom. The van der Waals surface area contributed by atoms with E-state index in [1.165, 1.54) is 0 Å². The molecule has 0 aliphatic heterocycles. The van der Waals surface area contributed by atoms with Crippen LogP contribution in [0.25, 0.3) is 0 Å². The van der Waals surface area contributed by atoms with Crippen molar-refractivity contribution in [3.63, 3.8) is 0 Å². The summed E-state index contributed by atoms with van der Waals surface area (Å²) in [5.74, 6) is 0.236. The molecule has 4 nitrogen and oxygen atoms in total. The number of halogens is 1. The van der Waals surface area contributed by atoms with Crippen molar-refractivity contribution in [2.75, 3.05) is 19.0 Å². The zero-order chi connectivity index (χ0) is 12.1. The Morgan fingerprint density at radius 1 is 1.62 bits per heavy atom. The van der Waals surface area contributed by atoms with E-state index in [0.29, 0.717) is 23.0 Å². The number of nitrogens with two attached hydrogens (primary N) is 1. The van der Waals surface area contributed by atoms with Gasteiger partial charge in [0.1, 0.15) is 5.75 Å². The highest BCUT2D eigenvalue weighted by Gasteiger charge is 2.12. The van der Waals surface area contributed by atoms with Gasteiger partial charge in [0.2, 0.25) is 5.91 Å². The van der Waals surface area contributed by atoms with E-state index in [-0.39, 0.29) is 11.8 Å². The fourth-order valence-corrected chi connectivity index (χ4v) is 1.25. The zero-order valence-corrected chi connectivity index (χ0v) is 10.0. The summed E-state index contributed by atoms with van der Waals surface area (Å²) in [4.78, 5) is 11.6. The van der Waals surface area contributed by atoms with E-state index in [9.17, 15) is 4.79 Å². The van der Waals surface area contributed by atoms with Crippen LogP contribution in [0.4, 0.5) is 5.69 Å². The third-order valence-electron chi connectivity index (χ3n) is 2.23. The second-order valence-electron chi connectivity index (χ2n) is 3.47. The molecule has 16 heavy (non-hydrogen) atoms. The van der Waals surface area contributed by atoms with Crippen LogP contribution >= 0.6 is 11.6 Å². The Balaban J connectivity index is 2.83. The van der Waals surface area contributed by atoms with E-state index in [2.05, 4.69) is 5.32 Å². The normalized spacial score (nSPS) is 12.0. The first kappa shape index (κ1) is 12.8. The Bertz CT molecular complexity index is 382. The highest BCUT2D eigenvalue weighted by Crippen LogP contribution is 2.26. The molecule has 0 saturated heterocycles. The molecular formula is C11H15ClN2O2. The maximum absolute atomic E-state index is 11.6. The maximum Gasteiger partial charge on any atom is 0.228 e. The van der Waals surface area contributed by atoms with E-state index in [1.807, 2.05) is 0 Å². The highest BCUT2D eigenvalue weighted by atomic mass is 35.5. The summed E-state index contributed by atoms with van der Waals surface area (Å²) in [6, 6.07) is 5.07. The number of carbonyl (C=O) groups excluding carboxylic acids is 1. The summed E-state index contributed by atoms with van der Waals surface area (Å²) in [6.45, 7) is 2.05. The molecule has 0 aliphatic carbocycles. The molecule has 5 heteroatoms. The SMILES string of the molecule is COc1ccc(Cl)c(NC(=O)C(C)CN)c1. The van der Waals surface area contributed by atoms with Crippen molar-refractivity contribution in [3.8, 4) is 5.75 Å². The summed E-state index contributed by atoms with van der Waals surface area (Å²) in [7, 11) is 1.55. The van der Waals surface area contributed by atoms with Crippen LogP contribution < -0.4 is 15.8 Å². The standard InChI is InChI=1S/C11H15ClN2O2/c1-7(6-13)11(15)14-10-5-8(16-2)3-4-9(10)12/h3-5,7H,6,13H2,1-2H3,(H,14,15). The van der Waals surface area contributed by atoms with Crippen molar-refractivity contribution >= 4 is 23.2 Å². The molecule has 0 aromatic heterocycles. The van der Waals surface area contributed by atoms with E-state index in [4.69, 9.17) is 22.1 Å². The molecule has 1 aromatic carbocycles. The van der Waals surface area contributed by atoms with E-state index < -0.39 is 0 Å². The number of carbonyl (C=O) groups is 1. The molecular weight excluding hydrogens is 228 g/mol. The molecule has 0 bridgehead atoms. The summed E-state index contributed by atoms with van der Waals surface area (Å²) >= 11 is 5.94. The third kappa shape index (κ3) is 3.12. The lowest BCUT2D eigenvalue weighted by Gasteiger charge is -2.12. The lowest BCUT2D eigenvalue weighted by Crippen LogP contribution is -2.26.